The van der Waals surface area contributed by atoms with Gasteiger partial charge in [-0.25, -0.2) is 4.99 Å². The van der Waals surface area contributed by atoms with Crippen LogP contribution in [0.4, 0.5) is 5.69 Å². The first-order chi connectivity index (χ1) is 10.7. The molecule has 0 aliphatic carbocycles. The number of aliphatic carboxylic acids is 1. The number of rotatable bonds is 3. The molecule has 1 aromatic carbocycles. The van der Waals surface area contributed by atoms with Crippen LogP contribution in [0.15, 0.2) is 47.6 Å². The van der Waals surface area contributed by atoms with Gasteiger partial charge in [-0.2, -0.15) is 0 Å². The molecule has 2 heterocycles. The highest BCUT2D eigenvalue weighted by Gasteiger charge is 2.24. The van der Waals surface area contributed by atoms with Crippen molar-refractivity contribution in [3.05, 3.63) is 48.2 Å². The Morgan fingerprint density at radius 3 is 2.64 bits per heavy atom. The number of benzene rings is 1. The number of nitrogens with one attached hydrogen (secondary N) is 1. The molecule has 22 heavy (non-hydrogen) atoms. The summed E-state index contributed by atoms with van der Waals surface area (Å²) in [6, 6.07) is 8.27. The van der Waals surface area contributed by atoms with E-state index in [-0.39, 0.29) is 5.92 Å². The Kier molecular flexibility index (Phi) is 4.23. The molecule has 0 amide bonds. The number of carboxylic acids is 1. The summed E-state index contributed by atoms with van der Waals surface area (Å²) in [6.45, 7) is 1.59. The maximum Gasteiger partial charge on any atom is 0.306 e. The van der Waals surface area contributed by atoms with Crippen LogP contribution in [-0.4, -0.2) is 30.5 Å². The van der Waals surface area contributed by atoms with E-state index in [4.69, 9.17) is 5.11 Å². The first kappa shape index (κ1) is 14.4. The van der Waals surface area contributed by atoms with Crippen molar-refractivity contribution in [2.24, 2.45) is 10.9 Å². The van der Waals surface area contributed by atoms with Crippen molar-refractivity contribution in [2.75, 3.05) is 18.0 Å². The van der Waals surface area contributed by atoms with Crippen LogP contribution < -0.4 is 10.2 Å². The van der Waals surface area contributed by atoms with Gasteiger partial charge in [-0.15, -0.1) is 0 Å². The number of aliphatic imine (C=N–C) groups is 1. The number of carboxylic acid groups (broad SMARTS) is 1. The van der Waals surface area contributed by atoms with Crippen LogP contribution in [0.5, 0.6) is 0 Å². The Morgan fingerprint density at radius 2 is 1.95 bits per heavy atom. The van der Waals surface area contributed by atoms with Crippen LogP contribution in [0, 0.1) is 5.92 Å². The molecule has 5 nitrogen and oxygen atoms in total. The maximum atomic E-state index is 11.0. The molecule has 114 valence electrons. The maximum absolute atomic E-state index is 11.0. The Balaban J connectivity index is 1.69. The summed E-state index contributed by atoms with van der Waals surface area (Å²) in [5, 5.41) is 12.0. The van der Waals surface area contributed by atoms with Gasteiger partial charge in [0.05, 0.1) is 18.0 Å². The minimum absolute atomic E-state index is 0.194. The summed E-state index contributed by atoms with van der Waals surface area (Å²) in [5.74, 6) is -0.866. The van der Waals surface area contributed by atoms with Gasteiger partial charge >= 0.3 is 5.97 Å². The van der Waals surface area contributed by atoms with Gasteiger partial charge in [0.2, 0.25) is 0 Å². The molecule has 1 fully saturated rings. The Hall–Kier alpha value is -2.56. The molecule has 0 spiro atoms. The third-order valence-electron chi connectivity index (χ3n) is 4.10. The standard InChI is InChI=1S/C17H19N3O2/c21-17(22)14-7-10-20(11-8-14)15-5-3-13(4-6-15)16-2-1-9-18-12-19-16/h1-6,9,12,14H,7-8,10-11H2,(H,18,19)(H,21,22). The predicted octanol–water partition coefficient (Wildman–Crippen LogP) is 2.47. The number of allylic oxidation sites excluding steroid dienone is 2. The van der Waals surface area contributed by atoms with Crippen LogP contribution in [0.3, 0.4) is 0 Å². The van der Waals surface area contributed by atoms with Crippen LogP contribution in [0.25, 0.3) is 5.70 Å². The van der Waals surface area contributed by atoms with Crippen LogP contribution >= 0.6 is 0 Å². The lowest BCUT2D eigenvalue weighted by atomic mass is 9.96. The van der Waals surface area contributed by atoms with E-state index in [1.807, 2.05) is 18.4 Å². The lowest BCUT2D eigenvalue weighted by Crippen LogP contribution is -2.36. The predicted molar refractivity (Wildman–Crippen MR) is 87.8 cm³/mol. The quantitative estimate of drug-likeness (QED) is 0.899. The Morgan fingerprint density at radius 1 is 1.23 bits per heavy atom. The molecule has 2 aliphatic rings. The highest BCUT2D eigenvalue weighted by molar-refractivity contribution is 5.76. The molecule has 1 saturated heterocycles. The highest BCUT2D eigenvalue weighted by Crippen LogP contribution is 2.25. The molecule has 0 bridgehead atoms. The Bertz CT molecular complexity index is 624. The second-order valence-corrected chi connectivity index (χ2v) is 5.48. The van der Waals surface area contributed by atoms with E-state index < -0.39 is 5.97 Å². The van der Waals surface area contributed by atoms with Crippen molar-refractivity contribution in [1.82, 2.24) is 5.32 Å². The average molecular weight is 297 g/mol. The lowest BCUT2D eigenvalue weighted by molar-refractivity contribution is -0.142. The normalized spacial score (nSPS) is 18.5. The number of anilines is 1. The van der Waals surface area contributed by atoms with Crippen molar-refractivity contribution >= 4 is 23.7 Å². The molecular formula is C17H19N3O2. The smallest absolute Gasteiger partial charge is 0.306 e. The molecule has 5 heteroatoms. The van der Waals surface area contributed by atoms with E-state index >= 15 is 0 Å². The Labute approximate surface area is 129 Å². The first-order valence-electron chi connectivity index (χ1n) is 7.47. The zero-order chi connectivity index (χ0) is 15.4. The molecule has 0 radical (unpaired) electrons. The van der Waals surface area contributed by atoms with Crippen molar-refractivity contribution in [3.63, 3.8) is 0 Å². The van der Waals surface area contributed by atoms with E-state index in [0.717, 1.165) is 30.0 Å². The zero-order valence-electron chi connectivity index (χ0n) is 12.3. The fourth-order valence-electron chi connectivity index (χ4n) is 2.79. The van der Waals surface area contributed by atoms with E-state index in [9.17, 15) is 4.79 Å². The molecule has 0 unspecified atom stereocenters. The van der Waals surface area contributed by atoms with Crippen molar-refractivity contribution in [3.8, 4) is 0 Å². The first-order valence-corrected chi connectivity index (χ1v) is 7.47. The minimum atomic E-state index is -0.671. The van der Waals surface area contributed by atoms with Gasteiger partial charge in [0.15, 0.2) is 0 Å². The average Bonchev–Trinajstić information content (AvgIpc) is 2.84. The zero-order valence-corrected chi connectivity index (χ0v) is 12.3. The summed E-state index contributed by atoms with van der Waals surface area (Å²) >= 11 is 0. The molecule has 0 atom stereocenters. The SMILES string of the molecule is O=C(O)C1CCN(c2ccc(C3=CC=CNC=N3)cc2)CC1. The number of carbonyl (C=O) groups is 1. The van der Waals surface area contributed by atoms with E-state index in [1.165, 1.54) is 0 Å². The summed E-state index contributed by atoms with van der Waals surface area (Å²) in [5.41, 5.74) is 3.12. The number of hydrogen-bond donors (Lipinski definition) is 2. The van der Waals surface area contributed by atoms with E-state index in [2.05, 4.69) is 39.5 Å². The van der Waals surface area contributed by atoms with E-state index in [1.54, 1.807) is 6.34 Å². The molecule has 3 rings (SSSR count). The molecule has 0 aromatic heterocycles. The third kappa shape index (κ3) is 3.19. The largest absolute Gasteiger partial charge is 0.481 e. The van der Waals surface area contributed by atoms with Gasteiger partial charge in [-0.05, 0) is 37.1 Å². The fraction of sp³-hybridized carbons (Fsp3) is 0.294. The second-order valence-electron chi connectivity index (χ2n) is 5.48. The van der Waals surface area contributed by atoms with Crippen molar-refractivity contribution in [2.45, 2.75) is 12.8 Å². The van der Waals surface area contributed by atoms with Crippen molar-refractivity contribution in [1.29, 1.82) is 0 Å². The van der Waals surface area contributed by atoms with Crippen LogP contribution in [-0.2, 0) is 4.79 Å². The van der Waals surface area contributed by atoms with Gasteiger partial charge < -0.3 is 15.3 Å². The lowest BCUT2D eigenvalue weighted by Gasteiger charge is -2.32. The topological polar surface area (TPSA) is 64.9 Å². The van der Waals surface area contributed by atoms with Gasteiger partial charge in [0.1, 0.15) is 0 Å². The van der Waals surface area contributed by atoms with Crippen LogP contribution in [0.1, 0.15) is 18.4 Å². The van der Waals surface area contributed by atoms with Gasteiger partial charge in [-0.3, -0.25) is 4.79 Å². The molecule has 1 aromatic rings. The number of hydrogen-bond acceptors (Lipinski definition) is 4. The molecule has 2 aliphatic heterocycles. The summed E-state index contributed by atoms with van der Waals surface area (Å²) < 4.78 is 0. The van der Waals surface area contributed by atoms with Gasteiger partial charge in [0, 0.05) is 30.5 Å². The summed E-state index contributed by atoms with van der Waals surface area (Å²) in [4.78, 5) is 17.6. The molecule has 2 N–H and O–H groups in total. The second kappa shape index (κ2) is 6.47. The van der Waals surface area contributed by atoms with E-state index in [0.29, 0.717) is 12.8 Å². The summed E-state index contributed by atoms with van der Waals surface area (Å²) in [7, 11) is 0. The van der Waals surface area contributed by atoms with Crippen molar-refractivity contribution < 1.29 is 9.90 Å². The third-order valence-corrected chi connectivity index (χ3v) is 4.10. The fourth-order valence-corrected chi connectivity index (χ4v) is 2.79. The monoisotopic (exact) mass is 297 g/mol. The van der Waals surface area contributed by atoms with Gasteiger partial charge in [-0.1, -0.05) is 12.1 Å². The van der Waals surface area contributed by atoms with Crippen LogP contribution in [0.2, 0.25) is 0 Å². The molecular weight excluding hydrogens is 278 g/mol. The number of nitrogens with zero attached hydrogens (tertiary/aromatic N) is 2. The summed E-state index contributed by atoms with van der Waals surface area (Å²) in [6.07, 6.45) is 8.81. The highest BCUT2D eigenvalue weighted by atomic mass is 16.4. The molecule has 0 saturated carbocycles. The number of piperidine rings is 1. The van der Waals surface area contributed by atoms with Gasteiger partial charge in [0.25, 0.3) is 0 Å². The minimum Gasteiger partial charge on any atom is -0.481 e.